The number of amides is 1. The molecule has 3 aliphatic rings. The van der Waals surface area contributed by atoms with E-state index in [4.69, 9.17) is 23.8 Å². The number of hydrogen-bond acceptors (Lipinski definition) is 8. The van der Waals surface area contributed by atoms with E-state index in [0.717, 1.165) is 5.57 Å². The smallest absolute Gasteiger partial charge is 0.277 e. The molecule has 10 heteroatoms. The third kappa shape index (κ3) is 3.89. The molecule has 5 rings (SSSR count). The van der Waals surface area contributed by atoms with Gasteiger partial charge in [-0.15, -0.1) is 0 Å². The summed E-state index contributed by atoms with van der Waals surface area (Å²) in [5.41, 5.74) is 2.02. The summed E-state index contributed by atoms with van der Waals surface area (Å²) in [5.74, 6) is -1.16. The van der Waals surface area contributed by atoms with Crippen LogP contribution >= 0.6 is 0 Å². The second-order valence-corrected chi connectivity index (χ2v) is 7.64. The lowest BCUT2D eigenvalue weighted by Crippen LogP contribution is -2.36. The molecule has 2 aromatic rings. The van der Waals surface area contributed by atoms with E-state index in [9.17, 15) is 4.79 Å². The molecule has 1 N–H and O–H groups in total. The molecule has 0 saturated carbocycles. The van der Waals surface area contributed by atoms with Crippen LogP contribution in [0.15, 0.2) is 41.1 Å². The molecule has 3 aliphatic heterocycles. The number of carbonyl (C=O) groups is 1. The van der Waals surface area contributed by atoms with Crippen molar-refractivity contribution in [3.63, 3.8) is 0 Å². The number of epoxide rings is 1. The van der Waals surface area contributed by atoms with Crippen LogP contribution in [0, 0.1) is 5.82 Å². The van der Waals surface area contributed by atoms with Crippen LogP contribution in [0.25, 0.3) is 5.57 Å². The number of carbonyl (C=O) groups excluding carboxylic acids is 1. The monoisotopic (exact) mass is 431 g/mol. The SMILES string of the molecule is O=C(CO)N1CC=C(c2ccc(N3C[C@H](COc4ccon4)OC34CO4)cc2F)CC1. The third-order valence-electron chi connectivity index (χ3n) is 5.68. The van der Waals surface area contributed by atoms with Crippen molar-refractivity contribution in [1.82, 2.24) is 10.1 Å². The summed E-state index contributed by atoms with van der Waals surface area (Å²) in [6, 6.07) is 6.69. The molecule has 1 unspecified atom stereocenters. The van der Waals surface area contributed by atoms with Crippen LogP contribution in [-0.4, -0.2) is 72.5 Å². The number of rotatable bonds is 6. The lowest BCUT2D eigenvalue weighted by molar-refractivity contribution is -0.133. The minimum Gasteiger partial charge on any atom is -0.473 e. The van der Waals surface area contributed by atoms with E-state index in [2.05, 4.69) is 5.16 Å². The summed E-state index contributed by atoms with van der Waals surface area (Å²) >= 11 is 0. The Morgan fingerprint density at radius 1 is 1.39 bits per heavy atom. The topological polar surface area (TPSA) is 101 Å². The van der Waals surface area contributed by atoms with Crippen LogP contribution in [0.4, 0.5) is 10.1 Å². The van der Waals surface area contributed by atoms with Crippen LogP contribution in [0.2, 0.25) is 0 Å². The molecule has 2 fully saturated rings. The Morgan fingerprint density at radius 2 is 2.26 bits per heavy atom. The maximum atomic E-state index is 15.0. The highest BCUT2D eigenvalue weighted by Crippen LogP contribution is 2.43. The second kappa shape index (κ2) is 7.95. The van der Waals surface area contributed by atoms with E-state index in [-0.39, 0.29) is 24.4 Å². The molecule has 1 amide bonds. The molecule has 0 bridgehead atoms. The summed E-state index contributed by atoms with van der Waals surface area (Å²) in [6.45, 7) is 1.45. The molecule has 2 atom stereocenters. The van der Waals surface area contributed by atoms with E-state index in [1.165, 1.54) is 12.3 Å². The van der Waals surface area contributed by atoms with Gasteiger partial charge in [-0.25, -0.2) is 4.39 Å². The number of halogens is 1. The Balaban J connectivity index is 1.27. The quantitative estimate of drug-likeness (QED) is 0.685. The fourth-order valence-corrected chi connectivity index (χ4v) is 4.01. The molecule has 31 heavy (non-hydrogen) atoms. The van der Waals surface area contributed by atoms with Gasteiger partial charge in [0.05, 0.1) is 6.54 Å². The molecule has 1 aromatic carbocycles. The fraction of sp³-hybridized carbons (Fsp3) is 0.429. The van der Waals surface area contributed by atoms with E-state index in [1.807, 2.05) is 17.0 Å². The van der Waals surface area contributed by atoms with Crippen LogP contribution < -0.4 is 9.64 Å². The predicted molar refractivity (Wildman–Crippen MR) is 106 cm³/mol. The normalized spacial score (nSPS) is 25.1. The molecule has 1 spiro atoms. The van der Waals surface area contributed by atoms with Crippen molar-refractivity contribution in [2.24, 2.45) is 0 Å². The largest absolute Gasteiger partial charge is 0.473 e. The van der Waals surface area contributed by atoms with E-state index in [1.54, 1.807) is 17.0 Å². The highest BCUT2D eigenvalue weighted by Gasteiger charge is 2.59. The van der Waals surface area contributed by atoms with Crippen molar-refractivity contribution >= 4 is 17.2 Å². The Kier molecular flexibility index (Phi) is 5.12. The van der Waals surface area contributed by atoms with Gasteiger partial charge in [-0.3, -0.25) is 4.79 Å². The molecule has 1 aromatic heterocycles. The number of hydrogen-bond donors (Lipinski definition) is 1. The van der Waals surface area contributed by atoms with Gasteiger partial charge in [-0.2, -0.15) is 0 Å². The summed E-state index contributed by atoms with van der Waals surface area (Å²) in [6.07, 6.45) is 3.52. The standard InChI is InChI=1S/C21H22FN3O6/c22-18-9-15(1-2-17(18)14-3-6-24(7-4-14)20(27)11-26)25-10-16(31-21(25)13-29-21)12-28-19-5-8-30-23-19/h1-3,5,8-9,16,26H,4,6-7,10-13H2/t16-,21?/m1/s1. The zero-order valence-corrected chi connectivity index (χ0v) is 16.7. The van der Waals surface area contributed by atoms with Crippen molar-refractivity contribution in [3.05, 3.63) is 48.0 Å². The van der Waals surface area contributed by atoms with Crippen LogP contribution in [0.3, 0.4) is 0 Å². The Hall–Kier alpha value is -2.95. The van der Waals surface area contributed by atoms with Gasteiger partial charge < -0.3 is 33.6 Å². The molecular weight excluding hydrogens is 409 g/mol. The fourth-order valence-electron chi connectivity index (χ4n) is 4.01. The van der Waals surface area contributed by atoms with Gasteiger partial charge in [0.1, 0.15) is 38.0 Å². The Morgan fingerprint density at radius 3 is 2.90 bits per heavy atom. The number of benzene rings is 1. The van der Waals surface area contributed by atoms with Gasteiger partial charge in [-0.05, 0) is 35.3 Å². The molecule has 9 nitrogen and oxygen atoms in total. The zero-order valence-electron chi connectivity index (χ0n) is 16.7. The minimum atomic E-state index is -0.874. The number of aliphatic hydroxyl groups is 1. The predicted octanol–water partition coefficient (Wildman–Crippen LogP) is 1.39. The zero-order chi connectivity index (χ0) is 21.4. The lowest BCUT2D eigenvalue weighted by Gasteiger charge is -2.27. The maximum Gasteiger partial charge on any atom is 0.277 e. The Labute approximate surface area is 177 Å². The van der Waals surface area contributed by atoms with Gasteiger partial charge >= 0.3 is 0 Å². The highest BCUT2D eigenvalue weighted by molar-refractivity contribution is 5.79. The van der Waals surface area contributed by atoms with Gasteiger partial charge in [0.15, 0.2) is 0 Å². The van der Waals surface area contributed by atoms with Crippen LogP contribution in [-0.2, 0) is 14.3 Å². The summed E-state index contributed by atoms with van der Waals surface area (Å²) in [4.78, 5) is 15.0. The number of nitrogens with zero attached hydrogens (tertiary/aromatic N) is 3. The first-order valence-corrected chi connectivity index (χ1v) is 10.1. The first kappa shape index (κ1) is 20.0. The van der Waals surface area contributed by atoms with Gasteiger partial charge in [-0.1, -0.05) is 6.08 Å². The molecule has 0 aliphatic carbocycles. The van der Waals surface area contributed by atoms with Gasteiger partial charge in [0.25, 0.3) is 11.8 Å². The van der Waals surface area contributed by atoms with Crippen LogP contribution in [0.5, 0.6) is 5.88 Å². The lowest BCUT2D eigenvalue weighted by atomic mass is 9.98. The van der Waals surface area contributed by atoms with Crippen molar-refractivity contribution in [2.45, 2.75) is 18.4 Å². The van der Waals surface area contributed by atoms with E-state index >= 15 is 4.39 Å². The molecule has 2 saturated heterocycles. The average molecular weight is 431 g/mol. The number of ether oxygens (including phenoxy) is 3. The summed E-state index contributed by atoms with van der Waals surface area (Å²) in [7, 11) is 0. The van der Waals surface area contributed by atoms with E-state index in [0.29, 0.717) is 49.8 Å². The number of aliphatic hydroxyl groups excluding tert-OH is 1. The van der Waals surface area contributed by atoms with Gasteiger partial charge in [0.2, 0.25) is 5.91 Å². The second-order valence-electron chi connectivity index (χ2n) is 7.64. The van der Waals surface area contributed by atoms with Crippen LogP contribution in [0.1, 0.15) is 12.0 Å². The number of anilines is 1. The van der Waals surface area contributed by atoms with Gasteiger partial charge in [0, 0.05) is 30.4 Å². The maximum absolute atomic E-state index is 15.0. The molecular formula is C21H22FN3O6. The Bertz CT molecular complexity index is 991. The van der Waals surface area contributed by atoms with Crippen molar-refractivity contribution < 1.29 is 33.0 Å². The first-order chi connectivity index (χ1) is 15.1. The molecule has 4 heterocycles. The minimum absolute atomic E-state index is 0.266. The highest BCUT2D eigenvalue weighted by atomic mass is 19.1. The summed E-state index contributed by atoms with van der Waals surface area (Å²) in [5, 5.41) is 12.7. The summed E-state index contributed by atoms with van der Waals surface area (Å²) < 4.78 is 36.8. The third-order valence-corrected chi connectivity index (χ3v) is 5.68. The average Bonchev–Trinajstić information content (AvgIpc) is 3.20. The molecule has 0 radical (unpaired) electrons. The number of aromatic nitrogens is 1. The van der Waals surface area contributed by atoms with Crippen molar-refractivity contribution in [3.8, 4) is 5.88 Å². The first-order valence-electron chi connectivity index (χ1n) is 10.1. The van der Waals surface area contributed by atoms with E-state index < -0.39 is 12.5 Å². The van der Waals surface area contributed by atoms with Crippen molar-refractivity contribution in [2.75, 3.05) is 44.4 Å². The van der Waals surface area contributed by atoms with Crippen molar-refractivity contribution in [1.29, 1.82) is 0 Å². The molecule has 164 valence electrons.